The molecule has 12 heteroatoms. The number of benzene rings is 3. The van der Waals surface area contributed by atoms with Gasteiger partial charge in [0.15, 0.2) is 18.0 Å². The molecule has 0 saturated carbocycles. The van der Waals surface area contributed by atoms with Crippen LogP contribution in [-0.4, -0.2) is 59.4 Å². The van der Waals surface area contributed by atoms with E-state index in [1.165, 1.54) is 31.4 Å². The van der Waals surface area contributed by atoms with Gasteiger partial charge in [-0.1, -0.05) is 24.1 Å². The Hall–Kier alpha value is -5.35. The smallest absolute Gasteiger partial charge is 0.404 e. The van der Waals surface area contributed by atoms with Crippen LogP contribution in [-0.2, 0) is 20.6 Å². The third kappa shape index (κ3) is 6.64. The van der Waals surface area contributed by atoms with Gasteiger partial charge in [0.05, 0.1) is 22.1 Å². The van der Waals surface area contributed by atoms with Crippen molar-refractivity contribution in [2.45, 2.75) is 57.4 Å². The molecular formula is C35H33NO11. The van der Waals surface area contributed by atoms with Crippen LogP contribution in [0.2, 0.25) is 0 Å². The first-order chi connectivity index (χ1) is 22.3. The fourth-order valence-corrected chi connectivity index (χ4v) is 5.53. The summed E-state index contributed by atoms with van der Waals surface area (Å²) in [6, 6.07) is 16.4. The molecule has 47 heavy (non-hydrogen) atoms. The van der Waals surface area contributed by atoms with Crippen LogP contribution < -0.4 is 20.8 Å². The van der Waals surface area contributed by atoms with Gasteiger partial charge in [-0.3, -0.25) is 4.79 Å². The number of amides is 1. The number of para-hydroxylation sites is 1. The number of primary amides is 1. The maximum Gasteiger partial charge on any atom is 0.404 e. The summed E-state index contributed by atoms with van der Waals surface area (Å²) in [7, 11) is 1.37. The molecule has 1 fully saturated rings. The van der Waals surface area contributed by atoms with Crippen molar-refractivity contribution in [2.24, 2.45) is 5.73 Å². The van der Waals surface area contributed by atoms with E-state index in [0.29, 0.717) is 11.3 Å². The van der Waals surface area contributed by atoms with Crippen molar-refractivity contribution >= 4 is 22.8 Å². The average Bonchev–Trinajstić information content (AvgIpc) is 3.03. The molecule has 2 heterocycles. The highest BCUT2D eigenvalue weighted by atomic mass is 16.7. The number of ketones is 1. The highest BCUT2D eigenvalue weighted by Crippen LogP contribution is 2.38. The highest BCUT2D eigenvalue weighted by Gasteiger charge is 2.53. The zero-order chi connectivity index (χ0) is 34.0. The molecule has 5 rings (SSSR count). The minimum Gasteiger partial charge on any atom is -0.507 e. The number of carbonyl (C=O) groups excluding carboxylic acids is 2. The summed E-state index contributed by atoms with van der Waals surface area (Å²) in [6.07, 6.45) is -0.947. The van der Waals surface area contributed by atoms with Gasteiger partial charge in [-0.05, 0) is 63.2 Å². The Bertz CT molecular complexity index is 1930. The lowest BCUT2D eigenvalue weighted by atomic mass is 9.89. The molecule has 1 aliphatic rings. The molecule has 1 aromatic heterocycles. The molecule has 12 nitrogen and oxygen atoms in total. The largest absolute Gasteiger partial charge is 0.507 e. The Balaban J connectivity index is 1.42. The van der Waals surface area contributed by atoms with Crippen LogP contribution in [0.15, 0.2) is 69.9 Å². The van der Waals surface area contributed by atoms with Crippen LogP contribution in [0.25, 0.3) is 11.0 Å². The van der Waals surface area contributed by atoms with Crippen molar-refractivity contribution in [3.63, 3.8) is 0 Å². The predicted molar refractivity (Wildman–Crippen MR) is 169 cm³/mol. The van der Waals surface area contributed by atoms with Gasteiger partial charge < -0.3 is 44.0 Å². The van der Waals surface area contributed by atoms with E-state index in [0.717, 1.165) is 0 Å². The van der Waals surface area contributed by atoms with Crippen LogP contribution in [0.5, 0.6) is 23.0 Å². The number of aromatic hydroxyl groups is 1. The van der Waals surface area contributed by atoms with Gasteiger partial charge in [0.1, 0.15) is 34.7 Å². The molecule has 1 aliphatic heterocycles. The van der Waals surface area contributed by atoms with E-state index in [9.17, 15) is 24.6 Å². The number of fused-ring (bicyclic) bond motifs is 1. The summed E-state index contributed by atoms with van der Waals surface area (Å²) in [5.41, 5.74) is 3.86. The van der Waals surface area contributed by atoms with Gasteiger partial charge in [0.2, 0.25) is 6.29 Å². The van der Waals surface area contributed by atoms with Gasteiger partial charge in [-0.15, -0.1) is 6.42 Å². The zero-order valence-corrected chi connectivity index (χ0v) is 26.0. The van der Waals surface area contributed by atoms with Crippen molar-refractivity contribution in [1.29, 1.82) is 0 Å². The number of rotatable bonds is 9. The molecule has 1 amide bonds. The highest BCUT2D eigenvalue weighted by molar-refractivity contribution is 5.99. The Kier molecular flexibility index (Phi) is 9.26. The molecular weight excluding hydrogens is 610 g/mol. The SMILES string of the molecule is C#Cc1ccc(C(=O)Cc2c(O)c3ccc(O[C@@H]4OC(C)(C)[C@H](OC)[C@@H](OC(N)=O)[C@H]4O)c(C)c3oc2=O)cc1Oc1ccccc1. The number of Topliss-reactive ketones (excluding diaryl/α,β-unsaturated/α-hetero) is 1. The summed E-state index contributed by atoms with van der Waals surface area (Å²) in [6.45, 7) is 4.89. The van der Waals surface area contributed by atoms with Gasteiger partial charge in [-0.25, -0.2) is 9.59 Å². The number of aliphatic hydroxyl groups is 1. The molecule has 1 saturated heterocycles. The van der Waals surface area contributed by atoms with Crippen LogP contribution in [0.3, 0.4) is 0 Å². The molecule has 4 atom stereocenters. The predicted octanol–water partition coefficient (Wildman–Crippen LogP) is 4.36. The standard InChI is InChI=1S/C35H33NO11/c1-6-19-12-13-20(16-26(19)43-21-10-8-7-9-11-21)24(37)17-23-27(38)22-14-15-25(18(2)29(22)45-32(23)40)44-33-28(39)30(46-34(36)41)31(42-5)35(3,4)47-33/h1,7-16,28,30-31,33,38-39H,17H2,2-5H3,(H2,36,41)/t28-,30+,31-,33-/m1/s1. The summed E-state index contributed by atoms with van der Waals surface area (Å²) < 4.78 is 33.9. The maximum absolute atomic E-state index is 13.3. The monoisotopic (exact) mass is 643 g/mol. The lowest BCUT2D eigenvalue weighted by molar-refractivity contribution is -0.304. The van der Waals surface area contributed by atoms with E-state index in [4.69, 9.17) is 40.3 Å². The number of carbonyl (C=O) groups is 2. The van der Waals surface area contributed by atoms with Crippen molar-refractivity contribution < 1.29 is 47.9 Å². The summed E-state index contributed by atoms with van der Waals surface area (Å²) in [4.78, 5) is 38.0. The molecule has 3 aromatic carbocycles. The molecule has 4 N–H and O–H groups in total. The second-order valence-corrected chi connectivity index (χ2v) is 11.4. The number of terminal acetylenes is 1. The maximum atomic E-state index is 13.3. The number of nitrogens with two attached hydrogens (primary N) is 1. The van der Waals surface area contributed by atoms with Crippen molar-refractivity contribution in [3.8, 4) is 35.3 Å². The molecule has 0 spiro atoms. The van der Waals surface area contributed by atoms with Crippen molar-refractivity contribution in [3.05, 3.63) is 93.3 Å². The van der Waals surface area contributed by atoms with Crippen LogP contribution in [0.1, 0.15) is 40.9 Å². The quantitative estimate of drug-likeness (QED) is 0.134. The van der Waals surface area contributed by atoms with E-state index >= 15 is 0 Å². The number of hydrogen-bond donors (Lipinski definition) is 3. The van der Waals surface area contributed by atoms with Gasteiger partial charge in [0.25, 0.3) is 0 Å². The lowest BCUT2D eigenvalue weighted by Gasteiger charge is -2.47. The van der Waals surface area contributed by atoms with Crippen molar-refractivity contribution in [1.82, 2.24) is 0 Å². The fraction of sp³-hybridized carbons (Fsp3) is 0.286. The second kappa shape index (κ2) is 13.2. The van der Waals surface area contributed by atoms with Gasteiger partial charge >= 0.3 is 11.7 Å². The number of hydrogen-bond acceptors (Lipinski definition) is 11. The number of methoxy groups -OCH3 is 1. The Labute approximate surface area is 269 Å². The Morgan fingerprint density at radius 3 is 2.47 bits per heavy atom. The summed E-state index contributed by atoms with van der Waals surface area (Å²) in [5.74, 6) is 2.53. The fourth-order valence-electron chi connectivity index (χ4n) is 5.53. The summed E-state index contributed by atoms with van der Waals surface area (Å²) in [5, 5.41) is 22.3. The second-order valence-electron chi connectivity index (χ2n) is 11.4. The third-order valence-electron chi connectivity index (χ3n) is 7.87. The van der Waals surface area contributed by atoms with Crippen LogP contribution in [0.4, 0.5) is 4.79 Å². The topological polar surface area (TPSA) is 177 Å². The minimum atomic E-state index is -1.52. The molecule has 0 bridgehead atoms. The molecule has 0 unspecified atom stereocenters. The van der Waals surface area contributed by atoms with Crippen LogP contribution >= 0.6 is 0 Å². The molecule has 4 aromatic rings. The van der Waals surface area contributed by atoms with E-state index in [1.807, 2.05) is 6.07 Å². The molecule has 0 radical (unpaired) electrons. The average molecular weight is 644 g/mol. The zero-order valence-electron chi connectivity index (χ0n) is 26.0. The number of aliphatic hydroxyl groups excluding tert-OH is 1. The lowest BCUT2D eigenvalue weighted by Crippen LogP contribution is -2.65. The molecule has 0 aliphatic carbocycles. The van der Waals surface area contributed by atoms with E-state index in [-0.39, 0.29) is 39.2 Å². The van der Waals surface area contributed by atoms with E-state index in [1.54, 1.807) is 51.1 Å². The van der Waals surface area contributed by atoms with Crippen molar-refractivity contribution in [2.75, 3.05) is 7.11 Å². The minimum absolute atomic E-state index is 0.0117. The van der Waals surface area contributed by atoms with Gasteiger partial charge in [-0.2, -0.15) is 0 Å². The Morgan fingerprint density at radius 1 is 1.09 bits per heavy atom. The first kappa shape index (κ1) is 33.0. The third-order valence-corrected chi connectivity index (χ3v) is 7.87. The summed E-state index contributed by atoms with van der Waals surface area (Å²) >= 11 is 0. The van der Waals surface area contributed by atoms with Gasteiger partial charge in [0, 0.05) is 24.7 Å². The number of aryl methyl sites for hydroxylation is 1. The first-order valence-electron chi connectivity index (χ1n) is 14.5. The van der Waals surface area contributed by atoms with Crippen LogP contribution in [0, 0.1) is 19.3 Å². The molecule has 244 valence electrons. The van der Waals surface area contributed by atoms with E-state index < -0.39 is 59.9 Å². The first-order valence-corrected chi connectivity index (χ1v) is 14.5. The number of ether oxygens (including phenoxy) is 5. The normalized spacial score (nSPS) is 20.3. The van der Waals surface area contributed by atoms with E-state index in [2.05, 4.69) is 5.92 Å². The Morgan fingerprint density at radius 2 is 1.81 bits per heavy atom.